The van der Waals surface area contributed by atoms with Gasteiger partial charge in [-0.1, -0.05) is 11.8 Å². The van der Waals surface area contributed by atoms with Crippen LogP contribution >= 0.6 is 11.8 Å². The third-order valence-electron chi connectivity index (χ3n) is 2.63. The molecule has 0 aliphatic carbocycles. The van der Waals surface area contributed by atoms with Crippen molar-refractivity contribution in [2.45, 2.75) is 9.79 Å². The second kappa shape index (κ2) is 6.07. The van der Waals surface area contributed by atoms with Gasteiger partial charge in [0.1, 0.15) is 6.07 Å². The van der Waals surface area contributed by atoms with E-state index >= 15 is 0 Å². The summed E-state index contributed by atoms with van der Waals surface area (Å²) < 4.78 is 0. The number of hydrogen-bond acceptors (Lipinski definition) is 5. The predicted octanol–water partition coefficient (Wildman–Crippen LogP) is 3.32. The van der Waals surface area contributed by atoms with Gasteiger partial charge in [-0.3, -0.25) is 10.1 Å². The molecule has 0 saturated carbocycles. The summed E-state index contributed by atoms with van der Waals surface area (Å²) in [5, 5.41) is 28.5. The molecule has 0 heterocycles. The minimum Gasteiger partial charge on any atom is -0.478 e. The fraction of sp³-hybridized carbons (Fsp3) is 0. The van der Waals surface area contributed by atoms with Gasteiger partial charge in [-0.2, -0.15) is 5.26 Å². The molecule has 0 fully saturated rings. The van der Waals surface area contributed by atoms with Crippen molar-refractivity contribution < 1.29 is 14.8 Å². The number of hydrogen-bond donors (Lipinski definition) is 1. The molecule has 0 amide bonds. The van der Waals surface area contributed by atoms with Gasteiger partial charge in [0.2, 0.25) is 0 Å². The quantitative estimate of drug-likeness (QED) is 0.686. The molecular formula is C14H8N2O4S. The van der Waals surface area contributed by atoms with Gasteiger partial charge in [0.25, 0.3) is 5.69 Å². The average molecular weight is 300 g/mol. The van der Waals surface area contributed by atoms with Gasteiger partial charge in [0.05, 0.1) is 16.1 Å². The van der Waals surface area contributed by atoms with E-state index in [0.29, 0.717) is 4.90 Å². The SMILES string of the molecule is N#Cc1ccc(Sc2ccc([N+](=O)[O-])cc2)cc1C(=O)O. The highest BCUT2D eigenvalue weighted by Gasteiger charge is 2.11. The number of nitriles is 1. The number of nitro benzene ring substituents is 1. The van der Waals surface area contributed by atoms with E-state index in [-0.39, 0.29) is 16.8 Å². The van der Waals surface area contributed by atoms with Gasteiger partial charge < -0.3 is 5.11 Å². The molecule has 0 aliphatic heterocycles. The van der Waals surface area contributed by atoms with Crippen LogP contribution in [0.25, 0.3) is 0 Å². The molecule has 0 atom stereocenters. The summed E-state index contributed by atoms with van der Waals surface area (Å²) in [7, 11) is 0. The van der Waals surface area contributed by atoms with E-state index in [1.165, 1.54) is 36.0 Å². The van der Waals surface area contributed by atoms with Crippen molar-refractivity contribution in [3.8, 4) is 6.07 Å². The Balaban J connectivity index is 2.27. The summed E-state index contributed by atoms with van der Waals surface area (Å²) in [6.07, 6.45) is 0. The van der Waals surface area contributed by atoms with Gasteiger partial charge in [0.15, 0.2) is 0 Å². The van der Waals surface area contributed by atoms with Crippen LogP contribution in [0.5, 0.6) is 0 Å². The van der Waals surface area contributed by atoms with Gasteiger partial charge in [-0.25, -0.2) is 4.79 Å². The van der Waals surface area contributed by atoms with E-state index in [0.717, 1.165) is 4.90 Å². The number of rotatable bonds is 4. The number of nitrogens with zero attached hydrogens (tertiary/aromatic N) is 2. The number of aromatic carboxylic acids is 1. The first-order chi connectivity index (χ1) is 10.0. The van der Waals surface area contributed by atoms with Crippen molar-refractivity contribution >= 4 is 23.4 Å². The summed E-state index contributed by atoms with van der Waals surface area (Å²) in [5.74, 6) is -1.17. The number of nitro groups is 1. The smallest absolute Gasteiger partial charge is 0.337 e. The molecule has 1 N–H and O–H groups in total. The van der Waals surface area contributed by atoms with Crippen LogP contribution in [0.15, 0.2) is 52.3 Å². The lowest BCUT2D eigenvalue weighted by molar-refractivity contribution is -0.384. The Labute approximate surface area is 123 Å². The van der Waals surface area contributed by atoms with Crippen LogP contribution in [0.1, 0.15) is 15.9 Å². The lowest BCUT2D eigenvalue weighted by atomic mass is 10.1. The number of non-ortho nitro benzene ring substituents is 1. The van der Waals surface area contributed by atoms with Gasteiger partial charge >= 0.3 is 5.97 Å². The summed E-state index contributed by atoms with van der Waals surface area (Å²) in [5.41, 5.74) is 0.0189. The predicted molar refractivity (Wildman–Crippen MR) is 75.3 cm³/mol. The number of carbonyl (C=O) groups is 1. The van der Waals surface area contributed by atoms with Crippen molar-refractivity contribution in [1.29, 1.82) is 5.26 Å². The highest BCUT2D eigenvalue weighted by Crippen LogP contribution is 2.30. The van der Waals surface area contributed by atoms with Crippen molar-refractivity contribution in [3.05, 3.63) is 63.7 Å². The summed E-state index contributed by atoms with van der Waals surface area (Å²) in [4.78, 5) is 22.5. The third kappa shape index (κ3) is 3.38. The molecule has 0 saturated heterocycles. The Hall–Kier alpha value is -2.85. The molecule has 2 rings (SSSR count). The van der Waals surface area contributed by atoms with Crippen molar-refractivity contribution in [2.24, 2.45) is 0 Å². The Bertz CT molecular complexity index is 751. The van der Waals surface area contributed by atoms with Crippen LogP contribution in [0.2, 0.25) is 0 Å². The monoisotopic (exact) mass is 300 g/mol. The topological polar surface area (TPSA) is 104 Å². The summed E-state index contributed by atoms with van der Waals surface area (Å²) >= 11 is 1.26. The van der Waals surface area contributed by atoms with E-state index in [2.05, 4.69) is 0 Å². The summed E-state index contributed by atoms with van der Waals surface area (Å²) in [6.45, 7) is 0. The highest BCUT2D eigenvalue weighted by atomic mass is 32.2. The zero-order chi connectivity index (χ0) is 15.4. The molecule has 0 bridgehead atoms. The van der Waals surface area contributed by atoms with Crippen LogP contribution in [-0.2, 0) is 0 Å². The largest absolute Gasteiger partial charge is 0.478 e. The van der Waals surface area contributed by atoms with Gasteiger partial charge in [-0.05, 0) is 30.3 Å². The minimum absolute atomic E-state index is 0.00889. The second-order valence-corrected chi connectivity index (χ2v) is 5.12. The second-order valence-electron chi connectivity index (χ2n) is 3.98. The fourth-order valence-corrected chi connectivity index (χ4v) is 2.49. The molecule has 6 nitrogen and oxygen atoms in total. The molecular weight excluding hydrogens is 292 g/mol. The maximum atomic E-state index is 11.1. The van der Waals surface area contributed by atoms with E-state index in [9.17, 15) is 14.9 Å². The van der Waals surface area contributed by atoms with E-state index in [1.807, 2.05) is 6.07 Å². The first kappa shape index (κ1) is 14.6. The fourth-order valence-electron chi connectivity index (χ4n) is 1.63. The van der Waals surface area contributed by atoms with Crippen molar-refractivity contribution in [1.82, 2.24) is 0 Å². The number of carboxylic acid groups (broad SMARTS) is 1. The molecule has 0 unspecified atom stereocenters. The van der Waals surface area contributed by atoms with Crippen LogP contribution in [0, 0.1) is 21.4 Å². The standard InChI is InChI=1S/C14H8N2O4S/c15-8-9-1-4-12(7-13(9)14(17)18)21-11-5-2-10(3-6-11)16(19)20/h1-7H,(H,17,18). The lowest BCUT2D eigenvalue weighted by Gasteiger charge is -2.04. The summed E-state index contributed by atoms with van der Waals surface area (Å²) in [6, 6.07) is 12.2. The van der Waals surface area contributed by atoms with E-state index in [1.54, 1.807) is 18.2 Å². The van der Waals surface area contributed by atoms with Crippen LogP contribution in [0.3, 0.4) is 0 Å². The van der Waals surface area contributed by atoms with Gasteiger partial charge in [-0.15, -0.1) is 0 Å². The Morgan fingerprint density at radius 2 is 1.81 bits per heavy atom. The van der Waals surface area contributed by atoms with Crippen LogP contribution in [-0.4, -0.2) is 16.0 Å². The molecule has 2 aromatic rings. The Morgan fingerprint density at radius 1 is 1.19 bits per heavy atom. The van der Waals surface area contributed by atoms with Gasteiger partial charge in [0, 0.05) is 21.9 Å². The molecule has 7 heteroatoms. The molecule has 0 aromatic heterocycles. The average Bonchev–Trinajstić information content (AvgIpc) is 2.47. The van der Waals surface area contributed by atoms with Crippen molar-refractivity contribution in [2.75, 3.05) is 0 Å². The van der Waals surface area contributed by atoms with Crippen LogP contribution < -0.4 is 0 Å². The Morgan fingerprint density at radius 3 is 2.33 bits per heavy atom. The zero-order valence-corrected chi connectivity index (χ0v) is 11.3. The molecule has 104 valence electrons. The maximum Gasteiger partial charge on any atom is 0.337 e. The molecule has 2 aromatic carbocycles. The zero-order valence-electron chi connectivity index (χ0n) is 10.5. The molecule has 0 aliphatic rings. The number of carboxylic acids is 1. The molecule has 0 radical (unpaired) electrons. The minimum atomic E-state index is -1.17. The van der Waals surface area contributed by atoms with Crippen LogP contribution in [0.4, 0.5) is 5.69 Å². The van der Waals surface area contributed by atoms with Crippen molar-refractivity contribution in [3.63, 3.8) is 0 Å². The normalized spacial score (nSPS) is 9.86. The first-order valence-electron chi connectivity index (χ1n) is 5.71. The molecule has 21 heavy (non-hydrogen) atoms. The lowest BCUT2D eigenvalue weighted by Crippen LogP contribution is -2.00. The maximum absolute atomic E-state index is 11.1. The van der Waals surface area contributed by atoms with E-state index < -0.39 is 10.9 Å². The Kier molecular flexibility index (Phi) is 4.21. The third-order valence-corrected chi connectivity index (χ3v) is 3.62. The highest BCUT2D eigenvalue weighted by molar-refractivity contribution is 7.99. The molecule has 0 spiro atoms. The first-order valence-corrected chi connectivity index (χ1v) is 6.52. The number of benzene rings is 2. The van der Waals surface area contributed by atoms with E-state index in [4.69, 9.17) is 10.4 Å².